The molecule has 0 aromatic rings. The molecule has 1 aliphatic heterocycles. The second-order valence-electron chi connectivity index (χ2n) is 6.07. The van der Waals surface area contributed by atoms with E-state index in [1.54, 1.807) is 0 Å². The molecule has 0 radical (unpaired) electrons. The predicted octanol–water partition coefficient (Wildman–Crippen LogP) is 2.56. The maximum Gasteiger partial charge on any atom is 0.320 e. The summed E-state index contributed by atoms with van der Waals surface area (Å²) < 4.78 is 0. The molecule has 0 unspecified atom stereocenters. The highest BCUT2D eigenvalue weighted by molar-refractivity contribution is 5.75. The van der Waals surface area contributed by atoms with E-state index in [0.29, 0.717) is 12.0 Å². The number of hydrogen-bond acceptors (Lipinski definition) is 2. The van der Waals surface area contributed by atoms with Gasteiger partial charge in [-0.1, -0.05) is 6.92 Å². The van der Waals surface area contributed by atoms with Crippen molar-refractivity contribution in [2.75, 3.05) is 19.6 Å². The fourth-order valence-corrected chi connectivity index (χ4v) is 2.98. The van der Waals surface area contributed by atoms with Crippen molar-refractivity contribution in [3.63, 3.8) is 0 Å². The number of urea groups is 1. The minimum atomic E-state index is -0.716. The van der Waals surface area contributed by atoms with E-state index in [9.17, 15) is 9.59 Å². The van der Waals surface area contributed by atoms with Crippen LogP contribution >= 0.6 is 0 Å². The van der Waals surface area contributed by atoms with Crippen LogP contribution in [0.15, 0.2) is 0 Å². The first kappa shape index (κ1) is 15.1. The van der Waals surface area contributed by atoms with Crippen LogP contribution in [0.25, 0.3) is 0 Å². The van der Waals surface area contributed by atoms with Crippen LogP contribution in [0.5, 0.6) is 0 Å². The van der Waals surface area contributed by atoms with E-state index in [2.05, 4.69) is 6.92 Å². The third-order valence-corrected chi connectivity index (χ3v) is 4.35. The molecule has 20 heavy (non-hydrogen) atoms. The average molecular weight is 282 g/mol. The molecule has 1 aliphatic carbocycles. The summed E-state index contributed by atoms with van der Waals surface area (Å²) in [6, 6.07) is 0.679. The molecule has 0 aromatic carbocycles. The van der Waals surface area contributed by atoms with Crippen LogP contribution < -0.4 is 0 Å². The van der Waals surface area contributed by atoms with Crippen molar-refractivity contribution in [3.8, 4) is 0 Å². The minimum Gasteiger partial charge on any atom is -0.481 e. The molecule has 5 nitrogen and oxygen atoms in total. The van der Waals surface area contributed by atoms with Gasteiger partial charge < -0.3 is 14.9 Å². The molecule has 0 spiro atoms. The summed E-state index contributed by atoms with van der Waals surface area (Å²) in [7, 11) is 0. The third kappa shape index (κ3) is 4.12. The largest absolute Gasteiger partial charge is 0.481 e. The smallest absolute Gasteiger partial charge is 0.320 e. The monoisotopic (exact) mass is 282 g/mol. The van der Waals surface area contributed by atoms with Crippen molar-refractivity contribution >= 4 is 12.0 Å². The summed E-state index contributed by atoms with van der Waals surface area (Å²) in [5.41, 5.74) is 0. The number of carboxylic acids is 1. The van der Waals surface area contributed by atoms with Crippen molar-refractivity contribution in [2.24, 2.45) is 5.92 Å². The molecule has 0 aromatic heterocycles. The van der Waals surface area contributed by atoms with E-state index in [4.69, 9.17) is 5.11 Å². The summed E-state index contributed by atoms with van der Waals surface area (Å²) >= 11 is 0. The minimum absolute atomic E-state index is 0.200. The maximum atomic E-state index is 12.5. The first-order valence-corrected chi connectivity index (χ1v) is 7.89. The van der Waals surface area contributed by atoms with E-state index in [1.807, 2.05) is 9.80 Å². The van der Waals surface area contributed by atoms with Gasteiger partial charge in [0.2, 0.25) is 0 Å². The van der Waals surface area contributed by atoms with Gasteiger partial charge in [-0.15, -0.1) is 0 Å². The highest BCUT2D eigenvalue weighted by Gasteiger charge is 2.35. The van der Waals surface area contributed by atoms with Crippen LogP contribution in [-0.2, 0) is 4.79 Å². The van der Waals surface area contributed by atoms with Gasteiger partial charge in [-0.2, -0.15) is 0 Å². The topological polar surface area (TPSA) is 60.9 Å². The summed E-state index contributed by atoms with van der Waals surface area (Å²) in [5.74, 6) is -0.248. The van der Waals surface area contributed by atoms with Gasteiger partial charge in [-0.05, 0) is 44.4 Å². The van der Waals surface area contributed by atoms with Crippen LogP contribution in [0.1, 0.15) is 51.9 Å². The van der Waals surface area contributed by atoms with E-state index in [0.717, 1.165) is 58.2 Å². The Balaban J connectivity index is 1.77. The Hall–Kier alpha value is -1.26. The Kier molecular flexibility index (Phi) is 5.26. The number of carbonyl (C=O) groups is 2. The van der Waals surface area contributed by atoms with Crippen molar-refractivity contribution < 1.29 is 14.7 Å². The fraction of sp³-hybridized carbons (Fsp3) is 0.867. The van der Waals surface area contributed by atoms with Gasteiger partial charge >= 0.3 is 12.0 Å². The van der Waals surface area contributed by atoms with Crippen molar-refractivity contribution in [1.29, 1.82) is 0 Å². The summed E-state index contributed by atoms with van der Waals surface area (Å²) in [6.07, 6.45) is 6.22. The standard InChI is InChI=1S/C15H26N2O3/c1-2-9-17(13-4-5-13)15(20)16-10-7-12(8-11-16)3-6-14(18)19/h12-13H,2-11H2,1H3,(H,18,19). The van der Waals surface area contributed by atoms with Gasteiger partial charge in [-0.3, -0.25) is 4.79 Å². The molecule has 2 amide bonds. The number of amides is 2. The highest BCUT2D eigenvalue weighted by Crippen LogP contribution is 2.29. The van der Waals surface area contributed by atoms with Gasteiger partial charge in [0.1, 0.15) is 0 Å². The summed E-state index contributed by atoms with van der Waals surface area (Å²) in [5, 5.41) is 8.71. The van der Waals surface area contributed by atoms with E-state index >= 15 is 0 Å². The van der Waals surface area contributed by atoms with Crippen LogP contribution in [0.2, 0.25) is 0 Å². The zero-order valence-corrected chi connectivity index (χ0v) is 12.4. The number of nitrogens with zero attached hydrogens (tertiary/aromatic N) is 2. The third-order valence-electron chi connectivity index (χ3n) is 4.35. The zero-order valence-electron chi connectivity index (χ0n) is 12.4. The van der Waals surface area contributed by atoms with Crippen LogP contribution in [0.3, 0.4) is 0 Å². The summed E-state index contributed by atoms with van der Waals surface area (Å²) in [4.78, 5) is 27.1. The van der Waals surface area contributed by atoms with Crippen molar-refractivity contribution in [2.45, 2.75) is 57.9 Å². The van der Waals surface area contributed by atoms with Gasteiger partial charge in [0.25, 0.3) is 0 Å². The lowest BCUT2D eigenvalue weighted by molar-refractivity contribution is -0.137. The number of likely N-dealkylation sites (tertiary alicyclic amines) is 1. The second-order valence-corrected chi connectivity index (χ2v) is 6.07. The van der Waals surface area contributed by atoms with E-state index in [-0.39, 0.29) is 12.5 Å². The molecule has 0 bridgehead atoms. The molecule has 2 fully saturated rings. The Morgan fingerprint density at radius 1 is 1.20 bits per heavy atom. The molecule has 1 heterocycles. The Bertz CT molecular complexity index is 347. The van der Waals surface area contributed by atoms with Gasteiger partial charge in [-0.25, -0.2) is 4.79 Å². The lowest BCUT2D eigenvalue weighted by atomic mass is 9.92. The Morgan fingerprint density at radius 3 is 2.35 bits per heavy atom. The zero-order chi connectivity index (χ0) is 14.5. The number of aliphatic carboxylic acids is 1. The fourth-order valence-electron chi connectivity index (χ4n) is 2.98. The Labute approximate surface area is 120 Å². The first-order chi connectivity index (χ1) is 9.61. The van der Waals surface area contributed by atoms with E-state index < -0.39 is 5.97 Å². The van der Waals surface area contributed by atoms with Crippen LogP contribution in [0, 0.1) is 5.92 Å². The van der Waals surface area contributed by atoms with Crippen LogP contribution in [0.4, 0.5) is 4.79 Å². The number of carboxylic acid groups (broad SMARTS) is 1. The summed E-state index contributed by atoms with van der Waals surface area (Å²) in [6.45, 7) is 4.55. The molecule has 0 atom stereocenters. The van der Waals surface area contributed by atoms with Crippen molar-refractivity contribution in [1.82, 2.24) is 9.80 Å². The Morgan fingerprint density at radius 2 is 1.85 bits per heavy atom. The molecule has 2 rings (SSSR count). The highest BCUT2D eigenvalue weighted by atomic mass is 16.4. The van der Waals surface area contributed by atoms with Crippen molar-refractivity contribution in [3.05, 3.63) is 0 Å². The molecule has 2 aliphatic rings. The normalized spacial score (nSPS) is 19.9. The number of hydrogen-bond donors (Lipinski definition) is 1. The van der Waals surface area contributed by atoms with E-state index in [1.165, 1.54) is 0 Å². The van der Waals surface area contributed by atoms with Gasteiger partial charge in [0, 0.05) is 32.1 Å². The van der Waals surface area contributed by atoms with Crippen LogP contribution in [-0.4, -0.2) is 52.6 Å². The number of carbonyl (C=O) groups excluding carboxylic acids is 1. The second kappa shape index (κ2) is 6.95. The average Bonchev–Trinajstić information content (AvgIpc) is 3.27. The van der Waals surface area contributed by atoms with Gasteiger partial charge in [0.05, 0.1) is 0 Å². The molecule has 1 saturated heterocycles. The molecular weight excluding hydrogens is 256 g/mol. The molecule has 1 saturated carbocycles. The molecule has 114 valence electrons. The first-order valence-electron chi connectivity index (χ1n) is 7.89. The lowest BCUT2D eigenvalue weighted by Gasteiger charge is -2.36. The maximum absolute atomic E-state index is 12.5. The molecule has 5 heteroatoms. The lowest BCUT2D eigenvalue weighted by Crippen LogP contribution is -2.47. The SMILES string of the molecule is CCCN(C(=O)N1CCC(CCC(=O)O)CC1)C1CC1. The van der Waals surface area contributed by atoms with Gasteiger partial charge in [0.15, 0.2) is 0 Å². The number of piperidine rings is 1. The number of rotatable bonds is 6. The molecule has 1 N–H and O–H groups in total. The quantitative estimate of drug-likeness (QED) is 0.814. The predicted molar refractivity (Wildman–Crippen MR) is 76.6 cm³/mol. The molecular formula is C15H26N2O3.